The van der Waals surface area contributed by atoms with Crippen molar-refractivity contribution >= 4 is 21.9 Å². The van der Waals surface area contributed by atoms with Gasteiger partial charge in [0.1, 0.15) is 0 Å². The molecule has 2 aromatic rings. The van der Waals surface area contributed by atoms with Crippen molar-refractivity contribution in [1.29, 1.82) is 0 Å². The van der Waals surface area contributed by atoms with Gasteiger partial charge in [-0.05, 0) is 41.3 Å². The predicted octanol–water partition coefficient (Wildman–Crippen LogP) is 2.53. The van der Waals surface area contributed by atoms with Crippen LogP contribution in [0, 0.1) is 0 Å². The summed E-state index contributed by atoms with van der Waals surface area (Å²) in [4.78, 5) is 17.4. The number of benzene rings is 1. The zero-order chi connectivity index (χ0) is 20.5. The van der Waals surface area contributed by atoms with Crippen LogP contribution in [0.1, 0.15) is 17.5 Å². The minimum Gasteiger partial charge on any atom is -0.315 e. The van der Waals surface area contributed by atoms with E-state index in [1.54, 1.807) is 35.0 Å². The molecular weight excluding hydrogens is 399 g/mol. The lowest BCUT2D eigenvalue weighted by Crippen LogP contribution is -2.31. The van der Waals surface area contributed by atoms with Crippen molar-refractivity contribution in [1.82, 2.24) is 9.71 Å². The van der Waals surface area contributed by atoms with E-state index in [0.717, 1.165) is 16.8 Å². The number of hydrogen-bond donors (Lipinski definition) is 1. The smallest absolute Gasteiger partial charge is 0.315 e. The van der Waals surface area contributed by atoms with Gasteiger partial charge in [-0.3, -0.25) is 9.78 Å². The summed E-state index contributed by atoms with van der Waals surface area (Å²) < 4.78 is 63.6. The summed E-state index contributed by atoms with van der Waals surface area (Å²) in [7, 11) is -3.27. The Morgan fingerprint density at radius 2 is 1.93 bits per heavy atom. The van der Waals surface area contributed by atoms with Gasteiger partial charge in [0.05, 0.1) is 0 Å². The first-order valence-electron chi connectivity index (χ1n) is 8.15. The molecule has 1 aromatic carbocycles. The third kappa shape index (κ3) is 4.86. The molecule has 1 aliphatic heterocycles. The van der Waals surface area contributed by atoms with Crippen molar-refractivity contribution in [2.45, 2.75) is 25.7 Å². The van der Waals surface area contributed by atoms with Gasteiger partial charge >= 0.3 is 16.7 Å². The predicted molar refractivity (Wildman–Crippen MR) is 94.3 cm³/mol. The summed E-state index contributed by atoms with van der Waals surface area (Å²) in [6, 6.07) is 7.14. The number of carbonyl (C=O) groups is 1. The molecule has 0 saturated carbocycles. The zero-order valence-corrected chi connectivity index (χ0v) is 15.5. The molecule has 0 bridgehead atoms. The maximum atomic E-state index is 12.1. The van der Waals surface area contributed by atoms with Crippen LogP contribution in [-0.2, 0) is 32.2 Å². The maximum absolute atomic E-state index is 12.1. The fraction of sp³-hybridized carbons (Fsp3) is 0.294. The molecule has 11 heteroatoms. The Bertz CT molecular complexity index is 1010. The van der Waals surface area contributed by atoms with Crippen LogP contribution in [0.3, 0.4) is 0 Å². The van der Waals surface area contributed by atoms with E-state index in [0.29, 0.717) is 24.0 Å². The zero-order valence-electron chi connectivity index (χ0n) is 14.7. The summed E-state index contributed by atoms with van der Waals surface area (Å²) in [5.41, 5.74) is 3.63. The first-order chi connectivity index (χ1) is 13.0. The Balaban J connectivity index is 1.78. The summed E-state index contributed by atoms with van der Waals surface area (Å²) in [6.07, 6.45) is -1.39. The molecule has 1 N–H and O–H groups in total. The van der Waals surface area contributed by atoms with Crippen molar-refractivity contribution in [3.8, 4) is 11.1 Å². The van der Waals surface area contributed by atoms with E-state index in [1.807, 2.05) is 12.1 Å². The fourth-order valence-corrected chi connectivity index (χ4v) is 3.56. The molecule has 1 aliphatic rings. The minimum atomic E-state index is -5.30. The van der Waals surface area contributed by atoms with Gasteiger partial charge in [0, 0.05) is 43.7 Å². The average Bonchev–Trinajstić information content (AvgIpc) is 2.61. The van der Waals surface area contributed by atoms with Gasteiger partial charge in [0.2, 0.25) is 5.91 Å². The molecule has 150 valence electrons. The molecule has 0 fully saturated rings. The standard InChI is InChI=1S/C17H16F3N3O4S/c1-23-15-4-2-12(7-13(15)3-5-16(23)24)14-6-11(8-21-10-14)9-22-28(25,26)27-17(18,19)20/h2,4,6-8,10,22H,3,5,9H2,1H3. The Hall–Kier alpha value is -2.50. The lowest BCUT2D eigenvalue weighted by Gasteiger charge is -2.26. The maximum Gasteiger partial charge on any atom is 0.538 e. The molecule has 0 radical (unpaired) electrons. The van der Waals surface area contributed by atoms with Gasteiger partial charge < -0.3 is 4.90 Å². The van der Waals surface area contributed by atoms with Crippen molar-refractivity contribution in [2.75, 3.05) is 11.9 Å². The van der Waals surface area contributed by atoms with Gasteiger partial charge in [-0.2, -0.15) is 17.3 Å². The molecule has 0 aliphatic carbocycles. The monoisotopic (exact) mass is 415 g/mol. The molecule has 7 nitrogen and oxygen atoms in total. The number of carbonyl (C=O) groups excluding carboxylic acids is 1. The highest BCUT2D eigenvalue weighted by Crippen LogP contribution is 2.31. The van der Waals surface area contributed by atoms with Crippen LogP contribution >= 0.6 is 0 Å². The van der Waals surface area contributed by atoms with Crippen LogP contribution in [0.4, 0.5) is 18.9 Å². The number of pyridine rings is 1. The number of halogens is 3. The number of hydrogen-bond acceptors (Lipinski definition) is 5. The van der Waals surface area contributed by atoms with E-state index in [2.05, 4.69) is 9.17 Å². The highest BCUT2D eigenvalue weighted by Gasteiger charge is 2.36. The molecule has 0 saturated heterocycles. The van der Waals surface area contributed by atoms with Crippen LogP contribution in [0.25, 0.3) is 11.1 Å². The van der Waals surface area contributed by atoms with Crippen LogP contribution in [0.2, 0.25) is 0 Å². The van der Waals surface area contributed by atoms with Gasteiger partial charge in [0.15, 0.2) is 0 Å². The van der Waals surface area contributed by atoms with E-state index in [-0.39, 0.29) is 5.91 Å². The third-order valence-electron chi connectivity index (χ3n) is 4.21. The van der Waals surface area contributed by atoms with Gasteiger partial charge in [-0.1, -0.05) is 6.07 Å². The largest absolute Gasteiger partial charge is 0.538 e. The Labute approximate surface area is 159 Å². The van der Waals surface area contributed by atoms with Gasteiger partial charge in [0.25, 0.3) is 0 Å². The lowest BCUT2D eigenvalue weighted by atomic mass is 9.96. The number of rotatable bonds is 5. The summed E-state index contributed by atoms with van der Waals surface area (Å²) in [5, 5.41) is 0. The fourth-order valence-electron chi connectivity index (χ4n) is 2.90. The molecule has 0 spiro atoms. The number of anilines is 1. The molecule has 1 amide bonds. The second-order valence-electron chi connectivity index (χ2n) is 6.18. The van der Waals surface area contributed by atoms with E-state index >= 15 is 0 Å². The topological polar surface area (TPSA) is 88.6 Å². The van der Waals surface area contributed by atoms with Gasteiger partial charge in [-0.25, -0.2) is 0 Å². The quantitative estimate of drug-likeness (QED) is 0.811. The van der Waals surface area contributed by atoms with E-state index in [9.17, 15) is 26.4 Å². The van der Waals surface area contributed by atoms with Crippen molar-refractivity contribution < 1.29 is 30.6 Å². The van der Waals surface area contributed by atoms with Crippen LogP contribution in [-0.4, -0.2) is 32.7 Å². The van der Waals surface area contributed by atoms with Crippen LogP contribution in [0.15, 0.2) is 36.7 Å². The summed E-state index contributed by atoms with van der Waals surface area (Å²) in [5.74, 6) is 0.0391. The van der Waals surface area contributed by atoms with Crippen LogP contribution < -0.4 is 9.62 Å². The molecule has 28 heavy (non-hydrogen) atoms. The Morgan fingerprint density at radius 3 is 2.64 bits per heavy atom. The highest BCUT2D eigenvalue weighted by molar-refractivity contribution is 7.84. The van der Waals surface area contributed by atoms with E-state index < -0.39 is 23.2 Å². The van der Waals surface area contributed by atoms with Crippen molar-refractivity contribution in [3.63, 3.8) is 0 Å². The number of fused-ring (bicyclic) bond motifs is 1. The molecular formula is C17H16F3N3O4S. The number of amides is 1. The molecule has 0 unspecified atom stereocenters. The number of nitrogens with one attached hydrogen (secondary N) is 1. The van der Waals surface area contributed by atoms with Gasteiger partial charge in [-0.15, -0.1) is 13.2 Å². The Morgan fingerprint density at radius 1 is 1.18 bits per heavy atom. The summed E-state index contributed by atoms with van der Waals surface area (Å²) >= 11 is 0. The number of alkyl halides is 3. The lowest BCUT2D eigenvalue weighted by molar-refractivity contribution is -0.272. The number of aryl methyl sites for hydroxylation is 1. The highest BCUT2D eigenvalue weighted by atomic mass is 32.2. The SMILES string of the molecule is CN1C(=O)CCc2cc(-c3cncc(CNS(=O)(=O)OC(F)(F)F)c3)ccc21. The van der Waals surface area contributed by atoms with E-state index in [4.69, 9.17) is 0 Å². The second-order valence-corrected chi connectivity index (χ2v) is 7.55. The molecule has 1 aromatic heterocycles. The van der Waals surface area contributed by atoms with Crippen molar-refractivity contribution in [2.24, 2.45) is 0 Å². The minimum absolute atomic E-state index is 0.0391. The summed E-state index contributed by atoms with van der Waals surface area (Å²) in [6.45, 7) is -0.415. The molecule has 2 heterocycles. The molecule has 3 rings (SSSR count). The molecule has 0 atom stereocenters. The normalized spacial score (nSPS) is 14.9. The Kier molecular flexibility index (Phi) is 5.41. The van der Waals surface area contributed by atoms with E-state index in [1.165, 1.54) is 6.20 Å². The number of aromatic nitrogens is 1. The first kappa shape index (κ1) is 20.2. The first-order valence-corrected chi connectivity index (χ1v) is 9.56. The van der Waals surface area contributed by atoms with Crippen molar-refractivity contribution in [3.05, 3.63) is 47.8 Å². The average molecular weight is 415 g/mol. The number of nitrogens with zero attached hydrogens (tertiary/aromatic N) is 2. The second kappa shape index (κ2) is 7.49. The third-order valence-corrected chi connectivity index (χ3v) is 5.11. The van der Waals surface area contributed by atoms with Crippen LogP contribution in [0.5, 0.6) is 0 Å².